The molecular weight excluding hydrogens is 266 g/mol. The number of anilines is 2. The van der Waals surface area contributed by atoms with Gasteiger partial charge in [0.05, 0.1) is 6.54 Å². The second kappa shape index (κ2) is 6.39. The Bertz CT molecular complexity index is 675. The summed E-state index contributed by atoms with van der Waals surface area (Å²) in [5, 5.41) is 8.91. The van der Waals surface area contributed by atoms with E-state index in [4.69, 9.17) is 16.7 Å². The number of nitrogens with two attached hydrogens (primary N) is 2. The van der Waals surface area contributed by atoms with E-state index in [2.05, 4.69) is 4.98 Å². The van der Waals surface area contributed by atoms with Crippen LogP contribution < -0.4 is 16.4 Å². The van der Waals surface area contributed by atoms with Gasteiger partial charge in [-0.2, -0.15) is 5.26 Å². The summed E-state index contributed by atoms with van der Waals surface area (Å²) < 4.78 is 0. The summed E-state index contributed by atoms with van der Waals surface area (Å²) in [7, 11) is 0. The molecule has 0 saturated carbocycles. The van der Waals surface area contributed by atoms with E-state index < -0.39 is 5.91 Å². The molecule has 0 unspecified atom stereocenters. The van der Waals surface area contributed by atoms with Gasteiger partial charge in [0.1, 0.15) is 11.8 Å². The van der Waals surface area contributed by atoms with E-state index in [1.807, 2.05) is 18.2 Å². The highest BCUT2D eigenvalue weighted by molar-refractivity contribution is 5.79. The Morgan fingerprint density at radius 2 is 2.00 bits per heavy atom. The largest absolute Gasteiger partial charge is 0.399 e. The minimum atomic E-state index is -0.444. The average molecular weight is 281 g/mol. The SMILES string of the molecule is N#Cc1cc(N(CC(N)=O)Cc2ccc(N)cc2)ccn1. The molecule has 0 aliphatic heterocycles. The number of aromatic nitrogens is 1. The number of nitrogen functional groups attached to an aromatic ring is 1. The third-order valence-electron chi connectivity index (χ3n) is 2.92. The number of primary amides is 1. The maximum Gasteiger partial charge on any atom is 0.236 e. The fourth-order valence-electron chi connectivity index (χ4n) is 1.95. The summed E-state index contributed by atoms with van der Waals surface area (Å²) in [6.07, 6.45) is 1.53. The molecule has 1 amide bonds. The molecule has 0 atom stereocenters. The molecule has 1 aromatic heterocycles. The monoisotopic (exact) mass is 281 g/mol. The highest BCUT2D eigenvalue weighted by atomic mass is 16.1. The maximum absolute atomic E-state index is 11.3. The van der Waals surface area contributed by atoms with E-state index in [-0.39, 0.29) is 6.54 Å². The fourth-order valence-corrected chi connectivity index (χ4v) is 1.95. The van der Waals surface area contributed by atoms with Gasteiger partial charge in [0, 0.05) is 24.1 Å². The van der Waals surface area contributed by atoms with Gasteiger partial charge >= 0.3 is 0 Å². The van der Waals surface area contributed by atoms with Crippen LogP contribution in [0.3, 0.4) is 0 Å². The lowest BCUT2D eigenvalue weighted by molar-refractivity contribution is -0.116. The van der Waals surface area contributed by atoms with Crippen LogP contribution in [0, 0.1) is 11.3 Å². The van der Waals surface area contributed by atoms with Gasteiger partial charge in [-0.3, -0.25) is 4.79 Å². The normalized spacial score (nSPS) is 9.86. The number of benzene rings is 1. The molecule has 21 heavy (non-hydrogen) atoms. The van der Waals surface area contributed by atoms with Crippen molar-refractivity contribution in [2.24, 2.45) is 5.73 Å². The van der Waals surface area contributed by atoms with Crippen molar-refractivity contribution in [1.29, 1.82) is 5.26 Å². The lowest BCUT2D eigenvalue weighted by Crippen LogP contribution is -2.33. The second-order valence-corrected chi connectivity index (χ2v) is 4.58. The van der Waals surface area contributed by atoms with E-state index in [0.29, 0.717) is 17.9 Å². The number of amides is 1. The first-order valence-electron chi connectivity index (χ1n) is 6.32. The van der Waals surface area contributed by atoms with Gasteiger partial charge in [-0.05, 0) is 29.8 Å². The van der Waals surface area contributed by atoms with Crippen molar-refractivity contribution in [1.82, 2.24) is 4.98 Å². The van der Waals surface area contributed by atoms with Crippen LogP contribution in [-0.4, -0.2) is 17.4 Å². The van der Waals surface area contributed by atoms with Crippen LogP contribution in [0.5, 0.6) is 0 Å². The summed E-state index contributed by atoms with van der Waals surface area (Å²) >= 11 is 0. The Hall–Kier alpha value is -3.07. The first-order valence-corrected chi connectivity index (χ1v) is 6.32. The molecule has 0 spiro atoms. The van der Waals surface area contributed by atoms with Crippen molar-refractivity contribution in [3.05, 3.63) is 53.9 Å². The van der Waals surface area contributed by atoms with Crippen LogP contribution in [0.2, 0.25) is 0 Å². The molecule has 0 aliphatic rings. The summed E-state index contributed by atoms with van der Waals surface area (Å²) in [5.74, 6) is -0.444. The smallest absolute Gasteiger partial charge is 0.236 e. The van der Waals surface area contributed by atoms with Crippen molar-refractivity contribution >= 4 is 17.3 Å². The average Bonchev–Trinajstić information content (AvgIpc) is 2.48. The van der Waals surface area contributed by atoms with Crippen LogP contribution in [0.15, 0.2) is 42.6 Å². The molecule has 1 aromatic carbocycles. The molecule has 6 nitrogen and oxygen atoms in total. The zero-order valence-corrected chi connectivity index (χ0v) is 11.4. The number of nitriles is 1. The van der Waals surface area contributed by atoms with E-state index in [9.17, 15) is 4.79 Å². The second-order valence-electron chi connectivity index (χ2n) is 4.58. The van der Waals surface area contributed by atoms with Crippen LogP contribution in [0.1, 0.15) is 11.3 Å². The first-order chi connectivity index (χ1) is 10.1. The molecule has 1 heterocycles. The topological polar surface area (TPSA) is 109 Å². The number of carbonyl (C=O) groups excluding carboxylic acids is 1. The lowest BCUT2D eigenvalue weighted by atomic mass is 10.2. The van der Waals surface area contributed by atoms with Gasteiger partial charge < -0.3 is 16.4 Å². The first kappa shape index (κ1) is 14.3. The summed E-state index contributed by atoms with van der Waals surface area (Å²) in [6, 6.07) is 12.7. The minimum Gasteiger partial charge on any atom is -0.399 e. The Morgan fingerprint density at radius 1 is 1.29 bits per heavy atom. The molecule has 2 rings (SSSR count). The molecule has 2 aromatic rings. The van der Waals surface area contributed by atoms with Gasteiger partial charge in [0.25, 0.3) is 0 Å². The van der Waals surface area contributed by atoms with Crippen molar-refractivity contribution in [2.45, 2.75) is 6.54 Å². The number of hydrogen-bond donors (Lipinski definition) is 2. The number of nitrogens with zero attached hydrogens (tertiary/aromatic N) is 3. The summed E-state index contributed by atoms with van der Waals surface area (Å²) in [6.45, 7) is 0.539. The van der Waals surface area contributed by atoms with Crippen LogP contribution in [0.4, 0.5) is 11.4 Å². The molecule has 0 bridgehead atoms. The van der Waals surface area contributed by atoms with Gasteiger partial charge in [-0.15, -0.1) is 0 Å². The van der Waals surface area contributed by atoms with E-state index in [1.54, 1.807) is 29.2 Å². The van der Waals surface area contributed by atoms with Crippen molar-refractivity contribution in [2.75, 3.05) is 17.2 Å². The van der Waals surface area contributed by atoms with Gasteiger partial charge in [0.2, 0.25) is 5.91 Å². The standard InChI is InChI=1S/C15H15N5O/c16-8-13-7-14(5-6-19-13)20(10-15(18)21)9-11-1-3-12(17)4-2-11/h1-7H,9-10,17H2,(H2,18,21). The Morgan fingerprint density at radius 3 is 2.62 bits per heavy atom. The zero-order valence-electron chi connectivity index (χ0n) is 11.4. The van der Waals surface area contributed by atoms with Crippen LogP contribution in [-0.2, 0) is 11.3 Å². The molecule has 4 N–H and O–H groups in total. The quantitative estimate of drug-likeness (QED) is 0.795. The van der Waals surface area contributed by atoms with Crippen molar-refractivity contribution in [3.63, 3.8) is 0 Å². The Kier molecular flexibility index (Phi) is 4.36. The number of rotatable bonds is 5. The molecular formula is C15H15N5O. The maximum atomic E-state index is 11.3. The molecule has 0 saturated heterocycles. The van der Waals surface area contributed by atoms with Crippen LogP contribution >= 0.6 is 0 Å². The predicted octanol–water partition coefficient (Wildman–Crippen LogP) is 1.03. The van der Waals surface area contributed by atoms with Crippen LogP contribution in [0.25, 0.3) is 0 Å². The summed E-state index contributed by atoms with van der Waals surface area (Å²) in [5.41, 5.74) is 13.6. The Labute approximate surface area is 122 Å². The molecule has 106 valence electrons. The third-order valence-corrected chi connectivity index (χ3v) is 2.92. The zero-order chi connectivity index (χ0) is 15.2. The molecule has 6 heteroatoms. The fraction of sp³-hybridized carbons (Fsp3) is 0.133. The third kappa shape index (κ3) is 3.94. The minimum absolute atomic E-state index is 0.0548. The number of carbonyl (C=O) groups is 1. The van der Waals surface area contributed by atoms with Crippen molar-refractivity contribution < 1.29 is 4.79 Å². The summed E-state index contributed by atoms with van der Waals surface area (Å²) in [4.78, 5) is 17.0. The number of hydrogen-bond acceptors (Lipinski definition) is 5. The van der Waals surface area contributed by atoms with Gasteiger partial charge in [-0.25, -0.2) is 4.98 Å². The van der Waals surface area contributed by atoms with Gasteiger partial charge in [0.15, 0.2) is 0 Å². The number of pyridine rings is 1. The van der Waals surface area contributed by atoms with Crippen molar-refractivity contribution in [3.8, 4) is 6.07 Å². The molecule has 0 radical (unpaired) electrons. The predicted molar refractivity (Wildman–Crippen MR) is 80.1 cm³/mol. The molecule has 0 fully saturated rings. The highest BCUT2D eigenvalue weighted by Gasteiger charge is 2.11. The van der Waals surface area contributed by atoms with E-state index >= 15 is 0 Å². The molecule has 0 aliphatic carbocycles. The Balaban J connectivity index is 2.27. The van der Waals surface area contributed by atoms with Gasteiger partial charge in [-0.1, -0.05) is 12.1 Å². The lowest BCUT2D eigenvalue weighted by Gasteiger charge is -2.23. The van der Waals surface area contributed by atoms with E-state index in [0.717, 1.165) is 11.3 Å². The van der Waals surface area contributed by atoms with E-state index in [1.165, 1.54) is 6.20 Å². The highest BCUT2D eigenvalue weighted by Crippen LogP contribution is 2.18.